The Balaban J connectivity index is 1.77. The molecular weight excluding hydrogens is 462 g/mol. The maximum Gasteiger partial charge on any atom is 0.335 e. The molecule has 35 heavy (non-hydrogen) atoms. The van der Waals surface area contributed by atoms with Gasteiger partial charge in [0.05, 0.1) is 25.2 Å². The summed E-state index contributed by atoms with van der Waals surface area (Å²) in [6.45, 7) is 6.12. The second-order valence-corrected chi connectivity index (χ2v) is 9.26. The second-order valence-electron chi connectivity index (χ2n) is 8.82. The third kappa shape index (κ3) is 7.57. The Morgan fingerprint density at radius 3 is 2.11 bits per heavy atom. The van der Waals surface area contributed by atoms with Gasteiger partial charge < -0.3 is 15.3 Å². The number of carbonyl (C=O) groups is 2. The van der Waals surface area contributed by atoms with Crippen LogP contribution in [0.2, 0.25) is 5.02 Å². The van der Waals surface area contributed by atoms with Gasteiger partial charge in [0.1, 0.15) is 6.54 Å². The van der Waals surface area contributed by atoms with Crippen LogP contribution in [0.3, 0.4) is 0 Å². The Kier molecular flexibility index (Phi) is 9.29. The summed E-state index contributed by atoms with van der Waals surface area (Å²) in [5, 5.41) is 9.95. The van der Waals surface area contributed by atoms with Crippen molar-refractivity contribution >= 4 is 29.3 Å². The fraction of sp³-hybridized carbons (Fsp3) is 0.286. The number of aromatic carboxylic acids is 1. The molecule has 2 amide bonds. The van der Waals surface area contributed by atoms with Crippen LogP contribution in [0, 0.1) is 0 Å². The van der Waals surface area contributed by atoms with E-state index in [9.17, 15) is 14.7 Å². The van der Waals surface area contributed by atoms with Gasteiger partial charge in [-0.3, -0.25) is 4.90 Å². The third-order valence-corrected chi connectivity index (χ3v) is 6.78. The number of hydrogen-bond donors (Lipinski definition) is 2. The molecule has 1 atom stereocenters. The maximum absolute atomic E-state index is 12.1. The number of rotatable bonds is 12. The van der Waals surface area contributed by atoms with Gasteiger partial charge >= 0.3 is 12.0 Å². The molecule has 0 aliphatic heterocycles. The summed E-state index contributed by atoms with van der Waals surface area (Å²) in [4.78, 5) is 25.0. The summed E-state index contributed by atoms with van der Waals surface area (Å²) < 4.78 is 0.802. The SMILES string of the molecule is CC[N+](CCCN(C(N)=O)c1ccccc1)(CCc1ccc(Cl)cc1)Cc1ccc(C(=O)O)cc1. The van der Waals surface area contributed by atoms with Crippen LogP contribution < -0.4 is 10.6 Å². The number of carboxylic acid groups (broad SMARTS) is 1. The van der Waals surface area contributed by atoms with Crippen LogP contribution in [-0.4, -0.2) is 47.8 Å². The first-order valence-electron chi connectivity index (χ1n) is 11.9. The molecule has 0 radical (unpaired) electrons. The molecule has 184 valence electrons. The van der Waals surface area contributed by atoms with Crippen LogP contribution in [0.1, 0.15) is 34.8 Å². The topological polar surface area (TPSA) is 83.6 Å². The molecule has 3 N–H and O–H groups in total. The average Bonchev–Trinajstić information content (AvgIpc) is 2.86. The second kappa shape index (κ2) is 12.4. The Morgan fingerprint density at radius 2 is 1.54 bits per heavy atom. The van der Waals surface area contributed by atoms with Crippen LogP contribution in [0.15, 0.2) is 78.9 Å². The molecule has 0 bridgehead atoms. The maximum atomic E-state index is 12.1. The molecule has 0 saturated heterocycles. The van der Waals surface area contributed by atoms with E-state index < -0.39 is 12.0 Å². The number of likely N-dealkylation sites (N-methyl/N-ethyl adjacent to an activating group) is 1. The number of nitrogens with zero attached hydrogens (tertiary/aromatic N) is 2. The van der Waals surface area contributed by atoms with Gasteiger partial charge in [0.2, 0.25) is 0 Å². The van der Waals surface area contributed by atoms with E-state index in [1.54, 1.807) is 17.0 Å². The lowest BCUT2D eigenvalue weighted by atomic mass is 10.1. The van der Waals surface area contributed by atoms with Gasteiger partial charge in [-0.05, 0) is 48.9 Å². The van der Waals surface area contributed by atoms with Crippen molar-refractivity contribution in [1.82, 2.24) is 0 Å². The minimum Gasteiger partial charge on any atom is -0.478 e. The molecule has 3 aromatic rings. The van der Waals surface area contributed by atoms with Crippen LogP contribution in [0.4, 0.5) is 10.5 Å². The van der Waals surface area contributed by atoms with Gasteiger partial charge in [-0.25, -0.2) is 9.59 Å². The molecule has 0 spiro atoms. The first-order chi connectivity index (χ1) is 16.8. The predicted molar refractivity (Wildman–Crippen MR) is 141 cm³/mol. The number of nitrogens with two attached hydrogens (primary N) is 1. The molecule has 6 nitrogen and oxygen atoms in total. The van der Waals surface area contributed by atoms with E-state index in [1.807, 2.05) is 54.6 Å². The normalized spacial score (nSPS) is 12.6. The van der Waals surface area contributed by atoms with Crippen molar-refractivity contribution in [2.75, 3.05) is 31.1 Å². The number of urea groups is 1. The Bertz CT molecular complexity index is 1100. The molecule has 0 aliphatic carbocycles. The number of halogens is 1. The van der Waals surface area contributed by atoms with Crippen LogP contribution in [0.5, 0.6) is 0 Å². The largest absolute Gasteiger partial charge is 0.478 e. The quantitative estimate of drug-likeness (QED) is 0.322. The van der Waals surface area contributed by atoms with Gasteiger partial charge in [0.25, 0.3) is 0 Å². The lowest BCUT2D eigenvalue weighted by molar-refractivity contribution is -0.939. The van der Waals surface area contributed by atoms with Gasteiger partial charge in [-0.15, -0.1) is 0 Å². The summed E-state index contributed by atoms with van der Waals surface area (Å²) in [5.41, 5.74) is 9.06. The minimum absolute atomic E-state index is 0.282. The fourth-order valence-electron chi connectivity index (χ4n) is 4.39. The summed E-state index contributed by atoms with van der Waals surface area (Å²) in [7, 11) is 0. The van der Waals surface area contributed by atoms with Crippen molar-refractivity contribution in [3.8, 4) is 0 Å². The number of amides is 2. The van der Waals surface area contributed by atoms with Crippen molar-refractivity contribution in [1.29, 1.82) is 0 Å². The molecule has 7 heteroatoms. The van der Waals surface area contributed by atoms with Crippen molar-refractivity contribution < 1.29 is 19.2 Å². The van der Waals surface area contributed by atoms with E-state index in [0.717, 1.165) is 59.8 Å². The summed E-state index contributed by atoms with van der Waals surface area (Å²) in [5.74, 6) is -0.928. The van der Waals surface area contributed by atoms with Crippen LogP contribution in [-0.2, 0) is 13.0 Å². The zero-order valence-electron chi connectivity index (χ0n) is 20.1. The van der Waals surface area contributed by atoms with Gasteiger partial charge in [0.15, 0.2) is 0 Å². The molecule has 3 aromatic carbocycles. The highest BCUT2D eigenvalue weighted by atomic mass is 35.5. The van der Waals surface area contributed by atoms with Gasteiger partial charge in [-0.2, -0.15) is 0 Å². The molecule has 0 aliphatic rings. The monoisotopic (exact) mass is 494 g/mol. The summed E-state index contributed by atoms with van der Waals surface area (Å²) in [6, 6.07) is 24.0. The zero-order valence-corrected chi connectivity index (χ0v) is 20.8. The molecule has 3 rings (SSSR count). The standard InChI is InChI=1S/C28H32ClN3O3/c1-2-32(20-17-22-11-15-25(29)16-12-22,21-23-9-13-24(14-10-23)27(33)34)19-6-18-31(28(30)35)26-7-4-3-5-8-26/h3-5,7-16H,2,6,17-21H2,1H3,(H2-,30,33,34,35)/p+1. The fourth-order valence-corrected chi connectivity index (χ4v) is 4.52. The van der Waals surface area contributed by atoms with E-state index in [1.165, 1.54) is 5.56 Å². The molecule has 0 aromatic heterocycles. The zero-order chi connectivity index (χ0) is 25.3. The molecule has 0 fully saturated rings. The number of carbonyl (C=O) groups excluding carboxylic acids is 1. The van der Waals surface area contributed by atoms with Gasteiger partial charge in [0, 0.05) is 35.7 Å². The lowest BCUT2D eigenvalue weighted by Gasteiger charge is -2.39. The van der Waals surface area contributed by atoms with E-state index in [0.29, 0.717) is 6.54 Å². The Hall–Kier alpha value is -3.35. The number of para-hydroxylation sites is 1. The molecular formula is C28H33ClN3O3+. The number of anilines is 1. The first kappa shape index (κ1) is 26.3. The van der Waals surface area contributed by atoms with E-state index in [2.05, 4.69) is 19.1 Å². The highest BCUT2D eigenvalue weighted by Gasteiger charge is 2.26. The van der Waals surface area contributed by atoms with E-state index in [-0.39, 0.29) is 5.56 Å². The lowest BCUT2D eigenvalue weighted by Crippen LogP contribution is -2.50. The van der Waals surface area contributed by atoms with E-state index in [4.69, 9.17) is 17.3 Å². The molecule has 1 unspecified atom stereocenters. The first-order valence-corrected chi connectivity index (χ1v) is 12.2. The van der Waals surface area contributed by atoms with Crippen LogP contribution in [0.25, 0.3) is 0 Å². The summed E-state index contributed by atoms with van der Waals surface area (Å²) in [6.07, 6.45) is 1.66. The van der Waals surface area contributed by atoms with Gasteiger partial charge in [-0.1, -0.05) is 54.1 Å². The number of primary amides is 1. The highest BCUT2D eigenvalue weighted by Crippen LogP contribution is 2.21. The van der Waals surface area contributed by atoms with Crippen molar-refractivity contribution in [2.24, 2.45) is 5.73 Å². The average molecular weight is 495 g/mol. The van der Waals surface area contributed by atoms with Crippen LogP contribution >= 0.6 is 11.6 Å². The third-order valence-electron chi connectivity index (χ3n) is 6.53. The Morgan fingerprint density at radius 1 is 0.914 bits per heavy atom. The van der Waals surface area contributed by atoms with Crippen molar-refractivity contribution in [2.45, 2.75) is 26.3 Å². The Labute approximate surface area is 212 Å². The number of benzene rings is 3. The van der Waals surface area contributed by atoms with E-state index >= 15 is 0 Å². The smallest absolute Gasteiger partial charge is 0.335 e. The predicted octanol–water partition coefficient (Wildman–Crippen LogP) is 5.59. The highest BCUT2D eigenvalue weighted by molar-refractivity contribution is 6.30. The van der Waals surface area contributed by atoms with Crippen molar-refractivity contribution in [3.05, 3.63) is 101 Å². The molecule has 0 heterocycles. The summed E-state index contributed by atoms with van der Waals surface area (Å²) >= 11 is 6.06. The minimum atomic E-state index is -0.928. The number of hydrogen-bond acceptors (Lipinski definition) is 2. The number of quaternary nitrogens is 1. The van der Waals surface area contributed by atoms with Crippen molar-refractivity contribution in [3.63, 3.8) is 0 Å². The molecule has 0 saturated carbocycles. The number of carboxylic acids is 1.